The van der Waals surface area contributed by atoms with Crippen molar-refractivity contribution in [2.24, 2.45) is 28.8 Å². The van der Waals surface area contributed by atoms with Gasteiger partial charge in [-0.05, 0) is 27.0 Å². The van der Waals surface area contributed by atoms with Crippen molar-refractivity contribution in [2.75, 3.05) is 40.3 Å². The fraction of sp³-hybridized carbons (Fsp3) is 0.537. The first kappa shape index (κ1) is 42.5. The molecule has 0 aromatic heterocycles. The third kappa shape index (κ3) is 7.96. The minimum absolute atomic E-state index is 0.00103. The van der Waals surface area contributed by atoms with Crippen LogP contribution in [0.15, 0.2) is 52.5 Å². The van der Waals surface area contributed by atoms with Gasteiger partial charge in [0.25, 0.3) is 11.7 Å². The number of nitrogens with zero attached hydrogens (tertiary/aromatic N) is 3. The lowest BCUT2D eigenvalue weighted by atomic mass is 9.78. The van der Waals surface area contributed by atoms with Gasteiger partial charge in [-0.15, -0.1) is 0 Å². The summed E-state index contributed by atoms with van der Waals surface area (Å²) in [7, 11) is 3.39. The Bertz CT molecular complexity index is 1910. The topological polar surface area (TPSA) is 208 Å². The quantitative estimate of drug-likeness (QED) is 0.280. The molecule has 0 radical (unpaired) electrons. The highest BCUT2D eigenvalue weighted by atomic mass is 16.7. The second kappa shape index (κ2) is 16.8. The number of hydrogen-bond acceptors (Lipinski definition) is 14. The number of allylic oxidation sites excluding steroid dienone is 4. The van der Waals surface area contributed by atoms with Crippen molar-refractivity contribution in [3.05, 3.63) is 69.7 Å². The summed E-state index contributed by atoms with van der Waals surface area (Å²) in [5.41, 5.74) is -1.73. The Balaban J connectivity index is 1.65. The molecule has 4 aliphatic heterocycles. The van der Waals surface area contributed by atoms with Crippen LogP contribution in [0, 0.1) is 30.6 Å². The number of ether oxygens (including phenoxy) is 3. The van der Waals surface area contributed by atoms with Gasteiger partial charge in [-0.1, -0.05) is 45.9 Å². The number of likely N-dealkylation sites (N-methyl/N-ethyl adjacent to an activating group) is 1. The monoisotopic (exact) mass is 778 g/mol. The molecule has 1 fully saturated rings. The number of benzene rings is 1. The summed E-state index contributed by atoms with van der Waals surface area (Å²) in [5.74, 6) is -8.58. The van der Waals surface area contributed by atoms with E-state index in [0.717, 1.165) is 0 Å². The number of aliphatic hydroxyl groups is 3. The Morgan fingerprint density at radius 1 is 0.893 bits per heavy atom. The number of nitrogens with one attached hydrogen (secondary N) is 1. The van der Waals surface area contributed by atoms with Crippen molar-refractivity contribution in [3.63, 3.8) is 0 Å². The number of hydrazone groups is 1. The molecular weight excluding hydrogens is 724 g/mol. The molecule has 1 aromatic rings. The molecule has 0 saturated carbocycles. The standard InChI is InChI=1S/C41H54N4O11/c1-20-11-10-12-21(2)40(53)43-31-26(19-42-45-16-14-44(8)15-17-45)36(50)28-29(37(31)51)35(49)25(6)38-30(28)39(52)41(7,56-38)55-18-13-27(54-9)22(3)33(47)24(5)34(48)23(4)32(20)46/h10-13,18-20,22-24,27,32-34,46-49H,14-17H2,1-9H3,(H,43,53)/b11-10+,18-13+,21-12-,42-19?/t20-,22-,23+,24+,27-,32-,33+,34+,41-/m0/s1. The zero-order valence-corrected chi connectivity index (χ0v) is 33.4. The number of phenols is 1. The van der Waals surface area contributed by atoms with Gasteiger partial charge in [-0.3, -0.25) is 24.2 Å². The van der Waals surface area contributed by atoms with Gasteiger partial charge in [0.05, 0.1) is 59.2 Å². The molecule has 0 spiro atoms. The number of aromatic hydroxyl groups is 1. The van der Waals surface area contributed by atoms with Gasteiger partial charge in [-0.2, -0.15) is 5.10 Å². The van der Waals surface area contributed by atoms with Crippen molar-refractivity contribution in [2.45, 2.75) is 78.7 Å². The number of methoxy groups -OCH3 is 1. The van der Waals surface area contributed by atoms with E-state index in [-0.39, 0.29) is 28.0 Å². The Morgan fingerprint density at radius 2 is 1.52 bits per heavy atom. The number of aliphatic hydroxyl groups excluding tert-OH is 3. The molecule has 5 bridgehead atoms. The second-order valence-electron chi connectivity index (χ2n) is 15.5. The lowest BCUT2D eigenvalue weighted by Gasteiger charge is -2.36. The van der Waals surface area contributed by atoms with E-state index in [1.54, 1.807) is 44.9 Å². The SMILES string of the molecule is CO[C@H]1/C=C/O[C@@]2(C)Oc3c(C)c(O)c4c(c3C2=O)C(=O)C(C=NN2CCN(C)CC2)=C(NC(=O)/C(C)=C\C=C\[C@H](C)[C@H](O)[C@@H](C)[C@@H](O)[C@H](C)[C@H](O)[C@H]1C)C4=O. The first-order valence-corrected chi connectivity index (χ1v) is 18.9. The lowest BCUT2D eigenvalue weighted by Crippen LogP contribution is -2.45. The normalized spacial score (nSPS) is 34.6. The number of carbonyl (C=O) groups is 4. The van der Waals surface area contributed by atoms with Crippen molar-refractivity contribution >= 4 is 29.5 Å². The molecular formula is C41H54N4O11. The number of Topliss-reactive ketones (excluding diaryl/α,β-unsaturated/α-hetero) is 3. The summed E-state index contributed by atoms with van der Waals surface area (Å²) in [6.07, 6.45) is 4.49. The third-order valence-electron chi connectivity index (χ3n) is 11.6. The first-order valence-electron chi connectivity index (χ1n) is 18.9. The third-order valence-corrected chi connectivity index (χ3v) is 11.6. The molecule has 5 aliphatic rings. The van der Waals surface area contributed by atoms with E-state index in [0.29, 0.717) is 26.2 Å². The molecule has 5 N–H and O–H groups in total. The van der Waals surface area contributed by atoms with Gasteiger partial charge in [0.2, 0.25) is 5.78 Å². The number of carbonyl (C=O) groups excluding carboxylic acids is 4. The molecule has 1 amide bonds. The lowest BCUT2D eigenvalue weighted by molar-refractivity contribution is -0.116. The molecule has 6 rings (SSSR count). The number of amides is 1. The van der Waals surface area contributed by atoms with Crippen molar-refractivity contribution in [1.29, 1.82) is 0 Å². The highest BCUT2D eigenvalue weighted by Crippen LogP contribution is 2.48. The minimum Gasteiger partial charge on any atom is -0.507 e. The van der Waals surface area contributed by atoms with E-state index in [1.807, 2.05) is 7.05 Å². The molecule has 9 atom stereocenters. The molecule has 15 heteroatoms. The largest absolute Gasteiger partial charge is 0.507 e. The summed E-state index contributed by atoms with van der Waals surface area (Å²) in [4.78, 5) is 59.0. The highest BCUT2D eigenvalue weighted by molar-refractivity contribution is 6.37. The fourth-order valence-corrected chi connectivity index (χ4v) is 7.50. The van der Waals surface area contributed by atoms with Crippen LogP contribution in [0.1, 0.15) is 78.2 Å². The van der Waals surface area contributed by atoms with Crippen LogP contribution < -0.4 is 10.1 Å². The van der Waals surface area contributed by atoms with Crippen LogP contribution in [0.3, 0.4) is 0 Å². The second-order valence-corrected chi connectivity index (χ2v) is 15.5. The fourth-order valence-electron chi connectivity index (χ4n) is 7.50. The highest BCUT2D eigenvalue weighted by Gasteiger charge is 2.52. The molecule has 4 heterocycles. The van der Waals surface area contributed by atoms with Gasteiger partial charge < -0.3 is 44.9 Å². The van der Waals surface area contributed by atoms with Gasteiger partial charge >= 0.3 is 5.79 Å². The first-order chi connectivity index (χ1) is 26.3. The molecule has 304 valence electrons. The van der Waals surface area contributed by atoms with E-state index in [1.165, 1.54) is 52.5 Å². The Hall–Kier alpha value is -4.67. The number of fused-ring (bicyclic) bond motifs is 14. The zero-order valence-electron chi connectivity index (χ0n) is 33.4. The molecule has 1 aromatic carbocycles. The number of piperazine rings is 1. The average molecular weight is 779 g/mol. The van der Waals surface area contributed by atoms with Crippen molar-refractivity contribution < 1.29 is 53.8 Å². The number of ketones is 3. The Labute approximate surface area is 327 Å². The number of phenolic OH excluding ortho intramolecular Hbond substituents is 1. The summed E-state index contributed by atoms with van der Waals surface area (Å²) in [6.45, 7) is 13.5. The van der Waals surface area contributed by atoms with E-state index < -0.39 is 99.7 Å². The van der Waals surface area contributed by atoms with Crippen LogP contribution in [0.5, 0.6) is 11.5 Å². The van der Waals surface area contributed by atoms with Gasteiger partial charge in [0.1, 0.15) is 17.2 Å². The Kier molecular flexibility index (Phi) is 12.8. The summed E-state index contributed by atoms with van der Waals surface area (Å²) in [6, 6.07) is 0. The van der Waals surface area contributed by atoms with Crippen molar-refractivity contribution in [1.82, 2.24) is 15.2 Å². The Morgan fingerprint density at radius 3 is 2.16 bits per heavy atom. The van der Waals surface area contributed by atoms with Crippen molar-refractivity contribution in [3.8, 4) is 11.5 Å². The maximum Gasteiger partial charge on any atom is 0.312 e. The zero-order chi connectivity index (χ0) is 41.4. The van der Waals surface area contributed by atoms with Crippen LogP contribution >= 0.6 is 0 Å². The molecule has 56 heavy (non-hydrogen) atoms. The van der Waals surface area contributed by atoms with Crippen LogP contribution in [-0.2, 0) is 14.3 Å². The minimum atomic E-state index is -2.06. The summed E-state index contributed by atoms with van der Waals surface area (Å²) >= 11 is 0. The molecule has 15 nitrogen and oxygen atoms in total. The predicted octanol–water partition coefficient (Wildman–Crippen LogP) is 2.66. The molecule has 1 aliphatic carbocycles. The average Bonchev–Trinajstić information content (AvgIpc) is 3.44. The van der Waals surface area contributed by atoms with Crippen LogP contribution in [0.4, 0.5) is 0 Å². The smallest absolute Gasteiger partial charge is 0.312 e. The van der Waals surface area contributed by atoms with Gasteiger partial charge in [0, 0.05) is 75.0 Å². The van der Waals surface area contributed by atoms with Crippen LogP contribution in [0.25, 0.3) is 0 Å². The van der Waals surface area contributed by atoms with Crippen LogP contribution in [0.2, 0.25) is 0 Å². The maximum absolute atomic E-state index is 14.6. The van der Waals surface area contributed by atoms with E-state index >= 15 is 0 Å². The van der Waals surface area contributed by atoms with E-state index in [2.05, 4.69) is 15.3 Å². The van der Waals surface area contributed by atoms with Gasteiger partial charge in [-0.25, -0.2) is 0 Å². The van der Waals surface area contributed by atoms with Gasteiger partial charge in [0.15, 0.2) is 5.78 Å². The van der Waals surface area contributed by atoms with Crippen LogP contribution in [-0.4, -0.2) is 130 Å². The summed E-state index contributed by atoms with van der Waals surface area (Å²) < 4.78 is 17.6. The number of hydrogen-bond donors (Lipinski definition) is 5. The van der Waals surface area contributed by atoms with E-state index in [9.17, 15) is 39.6 Å². The maximum atomic E-state index is 14.6. The molecule has 1 saturated heterocycles. The number of rotatable bonds is 3. The predicted molar refractivity (Wildman–Crippen MR) is 206 cm³/mol. The van der Waals surface area contributed by atoms with E-state index in [4.69, 9.17) is 14.2 Å². The molecule has 0 unspecified atom stereocenters. The summed E-state index contributed by atoms with van der Waals surface area (Å²) in [5, 5.41) is 54.0.